The Balaban J connectivity index is 1.49. The van der Waals surface area contributed by atoms with Crippen LogP contribution in [-0.2, 0) is 0 Å². The Kier molecular flexibility index (Phi) is 6.42. The highest BCUT2D eigenvalue weighted by Gasteiger charge is 2.11. The molecule has 0 spiro atoms. The minimum Gasteiger partial charge on any atom is -0.480 e. The van der Waals surface area contributed by atoms with E-state index in [2.05, 4.69) is 16.8 Å². The van der Waals surface area contributed by atoms with E-state index in [-0.39, 0.29) is 18.8 Å². The largest absolute Gasteiger partial charge is 0.480 e. The van der Waals surface area contributed by atoms with Crippen LogP contribution in [0.5, 0.6) is 11.5 Å². The first-order chi connectivity index (χ1) is 15.1. The Morgan fingerprint density at radius 2 is 1.61 bits per heavy atom. The number of nitrogens with zero attached hydrogens (tertiary/aromatic N) is 2. The number of aromatic nitrogens is 2. The maximum atomic E-state index is 12.8. The van der Waals surface area contributed by atoms with Gasteiger partial charge in [0.2, 0.25) is 0 Å². The summed E-state index contributed by atoms with van der Waals surface area (Å²) in [5.74, 6) is 6.66. The lowest BCUT2D eigenvalue weighted by atomic mass is 10.2. The van der Waals surface area contributed by atoms with Gasteiger partial charge in [0.25, 0.3) is 5.56 Å². The van der Waals surface area contributed by atoms with Gasteiger partial charge in [0.1, 0.15) is 24.7 Å². The third-order valence-corrected chi connectivity index (χ3v) is 4.90. The van der Waals surface area contributed by atoms with Gasteiger partial charge >= 0.3 is 0 Å². The summed E-state index contributed by atoms with van der Waals surface area (Å²) in [7, 11) is 0. The second kappa shape index (κ2) is 9.57. The van der Waals surface area contributed by atoms with Crippen LogP contribution in [0.1, 0.15) is 0 Å². The fourth-order valence-electron chi connectivity index (χ4n) is 2.99. The summed E-state index contributed by atoms with van der Waals surface area (Å²) < 4.78 is 12.8. The number of benzene rings is 2. The van der Waals surface area contributed by atoms with Crippen molar-refractivity contribution >= 4 is 34.2 Å². The minimum absolute atomic E-state index is 0.0937. The molecule has 31 heavy (non-hydrogen) atoms. The molecule has 154 valence electrons. The number of para-hydroxylation sites is 1. The Morgan fingerprint density at radius 1 is 0.871 bits per heavy atom. The molecule has 2 aromatic heterocycles. The van der Waals surface area contributed by atoms with Crippen molar-refractivity contribution in [1.82, 2.24) is 9.55 Å². The van der Waals surface area contributed by atoms with E-state index in [1.807, 2.05) is 36.4 Å². The lowest BCUT2D eigenvalue weighted by Crippen LogP contribution is -2.19. The maximum absolute atomic E-state index is 12.8. The summed E-state index contributed by atoms with van der Waals surface area (Å²) >= 11 is 11.9. The third-order valence-electron chi connectivity index (χ3n) is 4.37. The standard InChI is InChI=1S/C24H16Cl2N2O3/c25-17-10-11-21(20(26)15-17)30-13-4-5-14-31-22-16-23(29)28(18-7-2-1-3-8-18)24-19(22)9-6-12-27-24/h1-3,6-12,15-16H,13-14H2. The topological polar surface area (TPSA) is 53.4 Å². The van der Waals surface area contributed by atoms with Gasteiger partial charge < -0.3 is 9.47 Å². The molecule has 2 heterocycles. The fourth-order valence-corrected chi connectivity index (χ4v) is 3.46. The zero-order valence-corrected chi connectivity index (χ0v) is 17.7. The van der Waals surface area contributed by atoms with Gasteiger partial charge in [0.15, 0.2) is 5.65 Å². The Bertz CT molecular complexity index is 1340. The molecule has 0 atom stereocenters. The number of fused-ring (bicyclic) bond motifs is 1. The highest BCUT2D eigenvalue weighted by atomic mass is 35.5. The van der Waals surface area contributed by atoms with E-state index in [1.54, 1.807) is 35.0 Å². The molecular formula is C24H16Cl2N2O3. The van der Waals surface area contributed by atoms with Crippen molar-refractivity contribution in [2.75, 3.05) is 13.2 Å². The van der Waals surface area contributed by atoms with Crippen LogP contribution < -0.4 is 15.0 Å². The maximum Gasteiger partial charge on any atom is 0.260 e. The molecule has 0 unspecified atom stereocenters. The molecule has 0 radical (unpaired) electrons. The summed E-state index contributed by atoms with van der Waals surface area (Å²) in [6.45, 7) is 0.235. The van der Waals surface area contributed by atoms with E-state index in [4.69, 9.17) is 32.7 Å². The molecular weight excluding hydrogens is 435 g/mol. The molecule has 2 aromatic carbocycles. The smallest absolute Gasteiger partial charge is 0.260 e. The average molecular weight is 451 g/mol. The van der Waals surface area contributed by atoms with E-state index < -0.39 is 0 Å². The lowest BCUT2D eigenvalue weighted by molar-refractivity contribution is 0.364. The summed E-state index contributed by atoms with van der Waals surface area (Å²) in [6.07, 6.45) is 1.64. The Hall–Kier alpha value is -3.46. The molecule has 0 aliphatic rings. The van der Waals surface area contributed by atoms with Crippen LogP contribution in [0.3, 0.4) is 0 Å². The van der Waals surface area contributed by atoms with E-state index in [1.165, 1.54) is 6.07 Å². The van der Waals surface area contributed by atoms with Gasteiger partial charge in [0.05, 0.1) is 16.1 Å². The molecule has 0 saturated carbocycles. The van der Waals surface area contributed by atoms with Crippen LogP contribution in [0.15, 0.2) is 77.7 Å². The summed E-state index contributed by atoms with van der Waals surface area (Å²) in [6, 6.07) is 19.4. The van der Waals surface area contributed by atoms with Gasteiger partial charge in [-0.05, 0) is 42.5 Å². The molecule has 4 rings (SSSR count). The van der Waals surface area contributed by atoms with E-state index >= 15 is 0 Å². The van der Waals surface area contributed by atoms with Gasteiger partial charge in [-0.15, -0.1) is 0 Å². The Labute approximate surface area is 188 Å². The molecule has 0 fully saturated rings. The highest BCUT2D eigenvalue weighted by Crippen LogP contribution is 2.27. The molecule has 0 amide bonds. The normalized spacial score (nSPS) is 10.4. The van der Waals surface area contributed by atoms with E-state index in [0.717, 1.165) is 11.1 Å². The molecule has 0 N–H and O–H groups in total. The number of rotatable bonds is 5. The second-order valence-corrected chi connectivity index (χ2v) is 7.24. The molecule has 0 aliphatic heterocycles. The second-order valence-electron chi connectivity index (χ2n) is 6.40. The van der Waals surface area contributed by atoms with Crippen molar-refractivity contribution in [1.29, 1.82) is 0 Å². The van der Waals surface area contributed by atoms with Crippen molar-refractivity contribution < 1.29 is 9.47 Å². The predicted molar refractivity (Wildman–Crippen MR) is 123 cm³/mol. The minimum atomic E-state index is -0.235. The van der Waals surface area contributed by atoms with Crippen LogP contribution in [0.2, 0.25) is 10.0 Å². The summed E-state index contributed by atoms with van der Waals surface area (Å²) in [5, 5.41) is 1.67. The van der Waals surface area contributed by atoms with Gasteiger partial charge in [0, 0.05) is 17.3 Å². The number of halogens is 2. The molecule has 0 saturated heterocycles. The van der Waals surface area contributed by atoms with Crippen LogP contribution >= 0.6 is 23.2 Å². The number of ether oxygens (including phenoxy) is 2. The van der Waals surface area contributed by atoms with Crippen molar-refractivity contribution in [3.05, 3.63) is 93.3 Å². The van der Waals surface area contributed by atoms with Crippen LogP contribution in [0.4, 0.5) is 0 Å². The first kappa shape index (κ1) is 20.8. The molecule has 0 aliphatic carbocycles. The zero-order valence-electron chi connectivity index (χ0n) is 16.2. The van der Waals surface area contributed by atoms with Crippen LogP contribution in [-0.4, -0.2) is 22.8 Å². The Morgan fingerprint density at radius 3 is 2.35 bits per heavy atom. The zero-order chi connectivity index (χ0) is 21.6. The van der Waals surface area contributed by atoms with Crippen molar-refractivity contribution in [3.8, 4) is 29.0 Å². The van der Waals surface area contributed by atoms with Gasteiger partial charge in [-0.1, -0.05) is 53.2 Å². The van der Waals surface area contributed by atoms with Crippen LogP contribution in [0, 0.1) is 11.8 Å². The van der Waals surface area contributed by atoms with Crippen LogP contribution in [0.25, 0.3) is 16.7 Å². The quantitative estimate of drug-likeness (QED) is 0.394. The number of hydrogen-bond acceptors (Lipinski definition) is 4. The third kappa shape index (κ3) is 4.83. The van der Waals surface area contributed by atoms with Crippen molar-refractivity contribution in [2.45, 2.75) is 0 Å². The predicted octanol–water partition coefficient (Wildman–Crippen LogP) is 5.15. The fraction of sp³-hybridized carbons (Fsp3) is 0.0833. The first-order valence-electron chi connectivity index (χ1n) is 9.36. The summed E-state index contributed by atoms with van der Waals surface area (Å²) in [5.41, 5.74) is 1.02. The van der Waals surface area contributed by atoms with Gasteiger partial charge in [-0.25, -0.2) is 4.98 Å². The lowest BCUT2D eigenvalue weighted by Gasteiger charge is -2.12. The monoisotopic (exact) mass is 450 g/mol. The average Bonchev–Trinajstić information content (AvgIpc) is 2.78. The molecule has 7 heteroatoms. The summed E-state index contributed by atoms with van der Waals surface area (Å²) in [4.78, 5) is 17.2. The van der Waals surface area contributed by atoms with Gasteiger partial charge in [-0.3, -0.25) is 9.36 Å². The van der Waals surface area contributed by atoms with E-state index in [0.29, 0.717) is 27.2 Å². The van der Waals surface area contributed by atoms with E-state index in [9.17, 15) is 4.79 Å². The highest BCUT2D eigenvalue weighted by molar-refractivity contribution is 6.35. The number of hydrogen-bond donors (Lipinski definition) is 0. The van der Waals surface area contributed by atoms with Crippen molar-refractivity contribution in [3.63, 3.8) is 0 Å². The number of pyridine rings is 2. The van der Waals surface area contributed by atoms with Crippen molar-refractivity contribution in [2.24, 2.45) is 0 Å². The van der Waals surface area contributed by atoms with Gasteiger partial charge in [-0.2, -0.15) is 0 Å². The molecule has 0 bridgehead atoms. The molecule has 5 nitrogen and oxygen atoms in total. The molecule has 4 aromatic rings. The SMILES string of the molecule is O=c1cc(OCC#CCOc2ccc(Cl)cc2Cl)c2cccnc2n1-c1ccccc1. The first-order valence-corrected chi connectivity index (χ1v) is 10.1.